The maximum atomic E-state index is 9.43. The zero-order chi connectivity index (χ0) is 13.1. The fourth-order valence-electron chi connectivity index (χ4n) is 3.33. The van der Waals surface area contributed by atoms with Gasteiger partial charge in [0.2, 0.25) is 0 Å². The van der Waals surface area contributed by atoms with Gasteiger partial charge in [0.15, 0.2) is 0 Å². The lowest BCUT2D eigenvalue weighted by Crippen LogP contribution is -2.32. The average Bonchev–Trinajstić information content (AvgIpc) is 3.19. The fourth-order valence-corrected chi connectivity index (χ4v) is 3.33. The van der Waals surface area contributed by atoms with E-state index >= 15 is 0 Å². The molecule has 3 rings (SSSR count). The smallest absolute Gasteiger partial charge is 0.0951 e. The lowest BCUT2D eigenvalue weighted by molar-refractivity contribution is 0.133. The molecule has 4 nitrogen and oxygen atoms in total. The van der Waals surface area contributed by atoms with E-state index in [9.17, 15) is 5.11 Å². The van der Waals surface area contributed by atoms with Crippen LogP contribution in [-0.4, -0.2) is 27.8 Å². The third-order valence-corrected chi connectivity index (χ3v) is 4.70. The van der Waals surface area contributed by atoms with Crippen LogP contribution in [0.1, 0.15) is 50.3 Å². The molecule has 0 saturated heterocycles. The van der Waals surface area contributed by atoms with Gasteiger partial charge in [-0.05, 0) is 44.1 Å². The SMILES string of the molecule is OCC1CCCCC1CNCc1cncn1C1CC1. The first kappa shape index (κ1) is 13.1. The Labute approximate surface area is 115 Å². The first-order chi connectivity index (χ1) is 9.38. The van der Waals surface area contributed by atoms with Crippen molar-refractivity contribution in [3.05, 3.63) is 18.2 Å². The number of rotatable bonds is 6. The Bertz CT molecular complexity index is 400. The van der Waals surface area contributed by atoms with Gasteiger partial charge in [-0.2, -0.15) is 0 Å². The number of hydrogen-bond donors (Lipinski definition) is 2. The Balaban J connectivity index is 1.48. The first-order valence-electron chi connectivity index (χ1n) is 7.70. The van der Waals surface area contributed by atoms with Crippen molar-refractivity contribution < 1.29 is 5.11 Å². The molecule has 4 heteroatoms. The van der Waals surface area contributed by atoms with Crippen molar-refractivity contribution in [3.8, 4) is 0 Å². The normalized spacial score (nSPS) is 27.6. The van der Waals surface area contributed by atoms with E-state index in [4.69, 9.17) is 0 Å². The molecule has 0 bridgehead atoms. The Morgan fingerprint density at radius 3 is 2.74 bits per heavy atom. The van der Waals surface area contributed by atoms with Crippen molar-refractivity contribution >= 4 is 0 Å². The van der Waals surface area contributed by atoms with Gasteiger partial charge in [-0.25, -0.2) is 4.98 Å². The van der Waals surface area contributed by atoms with E-state index in [1.54, 1.807) is 0 Å². The van der Waals surface area contributed by atoms with Crippen molar-refractivity contribution in [2.75, 3.05) is 13.2 Å². The predicted octanol–water partition coefficient (Wildman–Crippen LogP) is 2.11. The summed E-state index contributed by atoms with van der Waals surface area (Å²) < 4.78 is 2.32. The van der Waals surface area contributed by atoms with Crippen LogP contribution in [0.3, 0.4) is 0 Å². The number of nitrogens with one attached hydrogen (secondary N) is 1. The minimum atomic E-state index is 0.354. The van der Waals surface area contributed by atoms with Crippen LogP contribution in [0.15, 0.2) is 12.5 Å². The second-order valence-electron chi connectivity index (χ2n) is 6.14. The quantitative estimate of drug-likeness (QED) is 0.826. The summed E-state index contributed by atoms with van der Waals surface area (Å²) in [5.74, 6) is 1.16. The molecule has 0 radical (unpaired) electrons. The van der Waals surface area contributed by atoms with Crippen LogP contribution in [0.4, 0.5) is 0 Å². The molecule has 106 valence electrons. The van der Waals surface area contributed by atoms with Crippen LogP contribution in [0.2, 0.25) is 0 Å². The number of aliphatic hydroxyl groups excluding tert-OH is 1. The molecule has 2 unspecified atom stereocenters. The monoisotopic (exact) mass is 263 g/mol. The number of nitrogens with zero attached hydrogens (tertiary/aromatic N) is 2. The second-order valence-corrected chi connectivity index (χ2v) is 6.14. The van der Waals surface area contributed by atoms with Gasteiger partial charge in [-0.15, -0.1) is 0 Å². The summed E-state index contributed by atoms with van der Waals surface area (Å²) in [5, 5.41) is 13.0. The van der Waals surface area contributed by atoms with Crippen molar-refractivity contribution in [1.82, 2.24) is 14.9 Å². The standard InChI is InChI=1S/C15H25N3O/c19-10-13-4-2-1-3-12(13)7-16-8-15-9-17-11-18(15)14-5-6-14/h9,11-14,16,19H,1-8,10H2. The largest absolute Gasteiger partial charge is 0.396 e. The Hall–Kier alpha value is -0.870. The Morgan fingerprint density at radius 2 is 2.00 bits per heavy atom. The molecular weight excluding hydrogens is 238 g/mol. The van der Waals surface area contributed by atoms with Crippen LogP contribution < -0.4 is 5.32 Å². The third-order valence-electron chi connectivity index (χ3n) is 4.70. The molecule has 0 aliphatic heterocycles. The molecular formula is C15H25N3O. The van der Waals surface area contributed by atoms with Gasteiger partial charge in [0.1, 0.15) is 0 Å². The van der Waals surface area contributed by atoms with Gasteiger partial charge in [-0.3, -0.25) is 0 Å². The number of aromatic nitrogens is 2. The zero-order valence-electron chi connectivity index (χ0n) is 11.6. The Kier molecular flexibility index (Phi) is 4.18. The lowest BCUT2D eigenvalue weighted by Gasteiger charge is -2.30. The highest BCUT2D eigenvalue weighted by molar-refractivity contribution is 5.03. The predicted molar refractivity (Wildman–Crippen MR) is 74.7 cm³/mol. The molecule has 0 aromatic carbocycles. The molecule has 2 aliphatic rings. The second kappa shape index (κ2) is 6.06. The topological polar surface area (TPSA) is 50.1 Å². The highest BCUT2D eigenvalue weighted by Crippen LogP contribution is 2.35. The van der Waals surface area contributed by atoms with E-state index in [0.717, 1.165) is 13.1 Å². The molecule has 1 heterocycles. The molecule has 1 aromatic heterocycles. The van der Waals surface area contributed by atoms with Gasteiger partial charge in [0, 0.05) is 25.4 Å². The van der Waals surface area contributed by atoms with Gasteiger partial charge in [-0.1, -0.05) is 12.8 Å². The molecule has 0 amide bonds. The van der Waals surface area contributed by atoms with Gasteiger partial charge in [0.05, 0.1) is 12.0 Å². The molecule has 2 fully saturated rings. The van der Waals surface area contributed by atoms with Crippen LogP contribution >= 0.6 is 0 Å². The van der Waals surface area contributed by atoms with Gasteiger partial charge >= 0.3 is 0 Å². The summed E-state index contributed by atoms with van der Waals surface area (Å²) in [4.78, 5) is 4.26. The van der Waals surface area contributed by atoms with Crippen molar-refractivity contribution in [3.63, 3.8) is 0 Å². The molecule has 19 heavy (non-hydrogen) atoms. The number of hydrogen-bond acceptors (Lipinski definition) is 3. The van der Waals surface area contributed by atoms with Crippen LogP contribution in [0.5, 0.6) is 0 Å². The molecule has 2 saturated carbocycles. The van der Waals surface area contributed by atoms with Crippen molar-refractivity contribution in [2.24, 2.45) is 11.8 Å². The third kappa shape index (κ3) is 3.18. The lowest BCUT2D eigenvalue weighted by atomic mass is 9.79. The maximum Gasteiger partial charge on any atom is 0.0951 e. The highest BCUT2D eigenvalue weighted by atomic mass is 16.3. The van der Waals surface area contributed by atoms with Crippen molar-refractivity contribution in [2.45, 2.75) is 51.1 Å². The average molecular weight is 263 g/mol. The van der Waals surface area contributed by atoms with E-state index in [-0.39, 0.29) is 0 Å². The zero-order valence-corrected chi connectivity index (χ0v) is 11.6. The number of imidazole rings is 1. The summed E-state index contributed by atoms with van der Waals surface area (Å²) in [6.45, 7) is 2.29. The number of aliphatic hydroxyl groups is 1. The van der Waals surface area contributed by atoms with E-state index in [1.165, 1.54) is 44.2 Å². The highest BCUT2D eigenvalue weighted by Gasteiger charge is 2.26. The minimum Gasteiger partial charge on any atom is -0.396 e. The first-order valence-corrected chi connectivity index (χ1v) is 7.70. The van der Waals surface area contributed by atoms with E-state index < -0.39 is 0 Å². The summed E-state index contributed by atoms with van der Waals surface area (Å²) in [5.41, 5.74) is 1.30. The summed E-state index contributed by atoms with van der Waals surface area (Å²) >= 11 is 0. The molecule has 0 spiro atoms. The Morgan fingerprint density at radius 1 is 1.21 bits per heavy atom. The summed E-state index contributed by atoms with van der Waals surface area (Å²) in [6, 6.07) is 0.708. The molecule has 2 N–H and O–H groups in total. The van der Waals surface area contributed by atoms with Crippen LogP contribution in [-0.2, 0) is 6.54 Å². The maximum absolute atomic E-state index is 9.43. The molecule has 2 atom stereocenters. The minimum absolute atomic E-state index is 0.354. The molecule has 2 aliphatic carbocycles. The van der Waals surface area contributed by atoms with E-state index in [1.807, 2.05) is 12.5 Å². The van der Waals surface area contributed by atoms with E-state index in [0.29, 0.717) is 24.5 Å². The van der Waals surface area contributed by atoms with Gasteiger partial charge in [0.25, 0.3) is 0 Å². The van der Waals surface area contributed by atoms with Crippen LogP contribution in [0, 0.1) is 11.8 Å². The summed E-state index contributed by atoms with van der Waals surface area (Å²) in [7, 11) is 0. The van der Waals surface area contributed by atoms with Crippen molar-refractivity contribution in [1.29, 1.82) is 0 Å². The van der Waals surface area contributed by atoms with Crippen LogP contribution in [0.25, 0.3) is 0 Å². The summed E-state index contributed by atoms with van der Waals surface area (Å²) in [6.07, 6.45) is 11.6. The fraction of sp³-hybridized carbons (Fsp3) is 0.800. The van der Waals surface area contributed by atoms with E-state index in [2.05, 4.69) is 14.9 Å². The van der Waals surface area contributed by atoms with Gasteiger partial charge < -0.3 is 15.0 Å². The molecule has 1 aromatic rings.